The Hall–Kier alpha value is -6.13. The van der Waals surface area contributed by atoms with Gasteiger partial charge in [-0.2, -0.15) is 0 Å². The predicted molar refractivity (Wildman–Crippen MR) is 214 cm³/mol. The van der Waals surface area contributed by atoms with Crippen LogP contribution in [0.5, 0.6) is 5.75 Å². The molecule has 0 saturated carbocycles. The molecule has 8 amide bonds. The highest BCUT2D eigenvalue weighted by atomic mass is 31.2. The van der Waals surface area contributed by atoms with Crippen LogP contribution in [0.1, 0.15) is 84.1 Å². The van der Waals surface area contributed by atoms with Gasteiger partial charge in [0.15, 0.2) is 0 Å². The number of nitrogens with zero attached hydrogens (tertiary/aromatic N) is 1. The fourth-order valence-electron chi connectivity index (χ4n) is 6.40. The molecule has 1 aromatic rings. The van der Waals surface area contributed by atoms with Gasteiger partial charge in [-0.1, -0.05) is 32.4 Å². The van der Waals surface area contributed by atoms with E-state index in [-0.39, 0.29) is 30.7 Å². The standard InChI is InChI=1S/C37H55N8O16P/c1-4-19(2)31(37(57)45-17-5-6-27(45)32(39)52)44-35(55)25(13-16-30(50)51)41-34(54)24(12-15-29(48)49)42-36(56)26(18-21-7-9-22(10-8-21)61-62(58,59)60)43-33(53)23(40-20(3)46)11-14-28(38)47/h7-10,19,23-27,31H,4-6,11-18H2,1-3H3,(H2,38,47)(H2,39,52)(H,40,46)(H,41,54)(H,42,56)(H,43,53)(H,44,55)(H,48,49)(H,50,51)(H2,58,59,60)/t19-,23-,24-,25-,26-,27-,31-/m0/s1. The minimum atomic E-state index is -4.95. The van der Waals surface area contributed by atoms with Gasteiger partial charge in [-0.25, -0.2) is 4.57 Å². The minimum absolute atomic E-state index is 0.179. The van der Waals surface area contributed by atoms with Crippen LogP contribution in [0.4, 0.5) is 0 Å². The summed E-state index contributed by atoms with van der Waals surface area (Å²) in [7, 11) is -4.95. The lowest BCUT2D eigenvalue weighted by atomic mass is 9.96. The molecule has 0 radical (unpaired) electrons. The van der Waals surface area contributed by atoms with Crippen molar-refractivity contribution in [1.29, 1.82) is 0 Å². The van der Waals surface area contributed by atoms with E-state index in [0.717, 1.165) is 19.1 Å². The zero-order chi connectivity index (χ0) is 46.9. The van der Waals surface area contributed by atoms with E-state index >= 15 is 0 Å². The van der Waals surface area contributed by atoms with E-state index in [1.165, 1.54) is 17.0 Å². The number of phosphoric acid groups is 1. The second-order valence-corrected chi connectivity index (χ2v) is 15.9. The second-order valence-electron chi connectivity index (χ2n) is 14.7. The number of hydrogen-bond donors (Lipinski definition) is 11. The first kappa shape index (κ1) is 52.0. The summed E-state index contributed by atoms with van der Waals surface area (Å²) in [5.41, 5.74) is 11.0. The van der Waals surface area contributed by atoms with Gasteiger partial charge in [-0.15, -0.1) is 0 Å². The van der Waals surface area contributed by atoms with E-state index < -0.39 is 141 Å². The average molecular weight is 899 g/mol. The highest BCUT2D eigenvalue weighted by Gasteiger charge is 2.40. The van der Waals surface area contributed by atoms with Crippen LogP contribution < -0.4 is 42.6 Å². The third-order valence-electron chi connectivity index (χ3n) is 9.79. The van der Waals surface area contributed by atoms with Gasteiger partial charge in [-0.05, 0) is 55.7 Å². The number of phosphoric ester groups is 1. The molecule has 344 valence electrons. The summed E-state index contributed by atoms with van der Waals surface area (Å²) in [6.45, 7) is 4.65. The molecule has 24 nitrogen and oxygen atoms in total. The average Bonchev–Trinajstić information content (AvgIpc) is 3.68. The smallest absolute Gasteiger partial charge is 0.481 e. The fourth-order valence-corrected chi connectivity index (χ4v) is 6.80. The Bertz CT molecular complexity index is 1880. The van der Waals surface area contributed by atoms with E-state index in [9.17, 15) is 62.7 Å². The summed E-state index contributed by atoms with van der Waals surface area (Å²) in [6, 6.07) is -3.77. The second kappa shape index (κ2) is 24.3. The van der Waals surface area contributed by atoms with E-state index in [2.05, 4.69) is 31.1 Å². The zero-order valence-corrected chi connectivity index (χ0v) is 35.3. The molecule has 1 aliphatic rings. The first-order valence-electron chi connectivity index (χ1n) is 19.6. The molecule has 0 aliphatic carbocycles. The molecule has 1 aromatic carbocycles. The summed E-state index contributed by atoms with van der Waals surface area (Å²) < 4.78 is 15.8. The normalized spacial score (nSPS) is 16.5. The van der Waals surface area contributed by atoms with Crippen molar-refractivity contribution in [3.63, 3.8) is 0 Å². The van der Waals surface area contributed by atoms with Crippen LogP contribution in [-0.2, 0) is 58.9 Å². The van der Waals surface area contributed by atoms with Gasteiger partial charge in [0.25, 0.3) is 0 Å². The number of aliphatic carboxylic acids is 2. The highest BCUT2D eigenvalue weighted by molar-refractivity contribution is 7.46. The van der Waals surface area contributed by atoms with Crippen molar-refractivity contribution >= 4 is 67.0 Å². The number of carboxylic acid groups (broad SMARTS) is 2. The number of amides is 8. The van der Waals surface area contributed by atoms with Crippen LogP contribution in [-0.4, -0.2) is 127 Å². The van der Waals surface area contributed by atoms with Gasteiger partial charge in [-0.3, -0.25) is 57.7 Å². The Morgan fingerprint density at radius 2 is 1.23 bits per heavy atom. The lowest BCUT2D eigenvalue weighted by molar-refractivity contribution is -0.143. The third-order valence-corrected chi connectivity index (χ3v) is 10.2. The molecule has 0 bridgehead atoms. The van der Waals surface area contributed by atoms with Crippen LogP contribution in [0.25, 0.3) is 0 Å². The molecule has 7 atom stereocenters. The van der Waals surface area contributed by atoms with E-state index in [1.807, 2.05) is 0 Å². The molecule has 62 heavy (non-hydrogen) atoms. The lowest BCUT2D eigenvalue weighted by Gasteiger charge is -2.32. The number of rotatable bonds is 26. The van der Waals surface area contributed by atoms with Gasteiger partial charge in [0, 0.05) is 39.2 Å². The number of carbonyl (C=O) groups excluding carboxylic acids is 8. The van der Waals surface area contributed by atoms with Gasteiger partial charge < -0.3 is 57.7 Å². The van der Waals surface area contributed by atoms with Crippen LogP contribution in [0.2, 0.25) is 0 Å². The number of likely N-dealkylation sites (tertiary alicyclic amines) is 1. The number of benzene rings is 1. The van der Waals surface area contributed by atoms with Crippen LogP contribution in [0, 0.1) is 5.92 Å². The summed E-state index contributed by atoms with van der Waals surface area (Å²) in [5.74, 6) is -10.7. The number of nitrogens with two attached hydrogens (primary N) is 2. The van der Waals surface area contributed by atoms with Gasteiger partial charge in [0.2, 0.25) is 47.3 Å². The van der Waals surface area contributed by atoms with Gasteiger partial charge in [0.05, 0.1) is 0 Å². The molecule has 25 heteroatoms. The van der Waals surface area contributed by atoms with E-state index in [0.29, 0.717) is 19.3 Å². The van der Waals surface area contributed by atoms with Crippen molar-refractivity contribution in [3.05, 3.63) is 29.8 Å². The molecular formula is C37H55N8O16P. The Morgan fingerprint density at radius 3 is 1.68 bits per heavy atom. The Labute approximate surface area is 355 Å². The van der Waals surface area contributed by atoms with Gasteiger partial charge in [0.1, 0.15) is 42.0 Å². The maximum Gasteiger partial charge on any atom is 0.524 e. The monoisotopic (exact) mass is 898 g/mol. The fraction of sp³-hybridized carbons (Fsp3) is 0.568. The molecule has 0 unspecified atom stereocenters. The summed E-state index contributed by atoms with van der Waals surface area (Å²) in [4.78, 5) is 147. The number of nitrogens with one attached hydrogen (secondary N) is 5. The lowest BCUT2D eigenvalue weighted by Crippen LogP contribution is -2.60. The van der Waals surface area contributed by atoms with Crippen molar-refractivity contribution in [2.24, 2.45) is 17.4 Å². The largest absolute Gasteiger partial charge is 0.524 e. The Kier molecular flexibility index (Phi) is 20.4. The van der Waals surface area contributed by atoms with Gasteiger partial charge >= 0.3 is 19.8 Å². The molecule has 2 rings (SSSR count). The minimum Gasteiger partial charge on any atom is -0.481 e. The molecule has 1 saturated heterocycles. The Balaban J connectivity index is 2.49. The van der Waals surface area contributed by atoms with Crippen molar-refractivity contribution in [1.82, 2.24) is 31.5 Å². The quantitative estimate of drug-likeness (QED) is 0.0434. The molecule has 0 spiro atoms. The SMILES string of the molecule is CC[C@H](C)[C@H](NC(=O)[C@H](CCC(=O)O)NC(=O)[C@H](CCC(=O)O)NC(=O)[C@H](Cc1ccc(OP(=O)(O)O)cc1)NC(=O)[C@H](CCC(N)=O)NC(C)=O)C(=O)N1CCC[C@H]1C(N)=O. The predicted octanol–water partition coefficient (Wildman–Crippen LogP) is -2.34. The molecule has 1 fully saturated rings. The highest BCUT2D eigenvalue weighted by Crippen LogP contribution is 2.37. The molecule has 1 heterocycles. The van der Waals surface area contributed by atoms with Crippen molar-refractivity contribution in [3.8, 4) is 5.75 Å². The topological polar surface area (TPSA) is 393 Å². The maximum absolute atomic E-state index is 14.0. The number of primary amides is 2. The molecule has 0 aromatic heterocycles. The van der Waals surface area contributed by atoms with Crippen LogP contribution >= 0.6 is 7.82 Å². The third kappa shape index (κ3) is 17.8. The summed E-state index contributed by atoms with van der Waals surface area (Å²) >= 11 is 0. The Morgan fingerprint density at radius 1 is 0.758 bits per heavy atom. The van der Waals surface area contributed by atoms with Crippen LogP contribution in [0.15, 0.2) is 24.3 Å². The van der Waals surface area contributed by atoms with Crippen molar-refractivity contribution < 1.29 is 77.0 Å². The van der Waals surface area contributed by atoms with Crippen molar-refractivity contribution in [2.75, 3.05) is 6.54 Å². The first-order chi connectivity index (χ1) is 28.9. The summed E-state index contributed by atoms with van der Waals surface area (Å²) in [6.07, 6.45) is -2.42. The van der Waals surface area contributed by atoms with Crippen LogP contribution in [0.3, 0.4) is 0 Å². The maximum atomic E-state index is 14.0. The molecule has 1 aliphatic heterocycles. The van der Waals surface area contributed by atoms with E-state index in [1.54, 1.807) is 13.8 Å². The number of carboxylic acids is 2. The van der Waals surface area contributed by atoms with Crippen molar-refractivity contribution in [2.45, 2.75) is 121 Å². The number of hydrogen-bond acceptors (Lipinski definition) is 12. The number of carbonyl (C=O) groups is 10. The van der Waals surface area contributed by atoms with E-state index in [4.69, 9.17) is 21.3 Å². The first-order valence-corrected chi connectivity index (χ1v) is 21.1. The molecule has 13 N–H and O–H groups in total. The molecular weight excluding hydrogens is 843 g/mol. The summed E-state index contributed by atoms with van der Waals surface area (Å²) in [5, 5.41) is 30.9. The zero-order valence-electron chi connectivity index (χ0n) is 34.4.